The Bertz CT molecular complexity index is 954. The van der Waals surface area contributed by atoms with Crippen LogP contribution in [-0.4, -0.2) is 25.3 Å². The van der Waals surface area contributed by atoms with Crippen LogP contribution >= 0.6 is 0 Å². The fraction of sp³-hybridized carbons (Fsp3) is 0.214. The molecule has 22 heavy (non-hydrogen) atoms. The molecule has 6 nitrogen and oxygen atoms in total. The summed E-state index contributed by atoms with van der Waals surface area (Å²) in [5.74, 6) is -5.35. The lowest BCUT2D eigenvalue weighted by atomic mass is 10.2. The normalized spacial score (nSPS) is 12.1. The second-order valence-corrected chi connectivity index (χ2v) is 4.99. The summed E-state index contributed by atoms with van der Waals surface area (Å²) in [6.07, 6.45) is 0. The van der Waals surface area contributed by atoms with E-state index in [0.717, 1.165) is 4.40 Å². The molecule has 0 radical (unpaired) electrons. The summed E-state index contributed by atoms with van der Waals surface area (Å²) in [5, 5.41) is 13.0. The number of aromatic nitrogens is 3. The molecule has 1 aromatic carbocycles. The van der Waals surface area contributed by atoms with Gasteiger partial charge in [0.25, 0.3) is 5.56 Å². The second kappa shape index (κ2) is 4.62. The van der Waals surface area contributed by atoms with Crippen molar-refractivity contribution in [1.29, 1.82) is 0 Å². The minimum absolute atomic E-state index is 0.0334. The lowest BCUT2D eigenvalue weighted by Crippen LogP contribution is -2.32. The third-order valence-electron chi connectivity index (χ3n) is 3.27. The number of fused-ring (bicyclic) bond motifs is 3. The molecule has 2 aromatic heterocycles. The van der Waals surface area contributed by atoms with E-state index in [0.29, 0.717) is 22.5 Å². The van der Waals surface area contributed by atoms with Crippen LogP contribution < -0.4 is 5.56 Å². The number of carboxylic acids is 1. The number of nitrogens with zero attached hydrogens (tertiary/aromatic N) is 3. The maximum atomic E-state index is 13.9. The first kappa shape index (κ1) is 14.2. The van der Waals surface area contributed by atoms with Crippen molar-refractivity contribution in [1.82, 2.24) is 14.2 Å². The molecule has 0 amide bonds. The van der Waals surface area contributed by atoms with Crippen LogP contribution in [0.25, 0.3) is 16.4 Å². The Labute approximate surface area is 122 Å². The molecule has 2 heterocycles. The Morgan fingerprint density at radius 2 is 2.00 bits per heavy atom. The van der Waals surface area contributed by atoms with Crippen LogP contribution in [0.2, 0.25) is 0 Å². The van der Waals surface area contributed by atoms with Gasteiger partial charge in [-0.2, -0.15) is 8.78 Å². The average Bonchev–Trinajstić information content (AvgIpc) is 2.80. The third kappa shape index (κ3) is 2.12. The molecule has 0 aliphatic carbocycles. The highest BCUT2D eigenvalue weighted by atomic mass is 19.3. The van der Waals surface area contributed by atoms with Crippen LogP contribution in [0, 0.1) is 0 Å². The van der Waals surface area contributed by atoms with Gasteiger partial charge >= 0.3 is 11.9 Å². The molecule has 3 rings (SSSR count). The maximum absolute atomic E-state index is 13.9. The highest BCUT2D eigenvalue weighted by Gasteiger charge is 2.32. The van der Waals surface area contributed by atoms with Crippen molar-refractivity contribution in [2.45, 2.75) is 19.4 Å². The molecule has 0 atom stereocenters. The minimum Gasteiger partial charge on any atom is -0.480 e. The number of para-hydroxylation sites is 1. The van der Waals surface area contributed by atoms with Gasteiger partial charge in [0.2, 0.25) is 5.82 Å². The van der Waals surface area contributed by atoms with Gasteiger partial charge in [-0.1, -0.05) is 18.2 Å². The summed E-state index contributed by atoms with van der Waals surface area (Å²) in [6, 6.07) is 8.11. The summed E-state index contributed by atoms with van der Waals surface area (Å²) >= 11 is 0. The molecule has 0 saturated carbocycles. The van der Waals surface area contributed by atoms with Crippen molar-refractivity contribution in [3.8, 4) is 0 Å². The zero-order valence-electron chi connectivity index (χ0n) is 11.5. The lowest BCUT2D eigenvalue weighted by molar-refractivity contribution is -0.138. The first-order valence-electron chi connectivity index (χ1n) is 6.40. The van der Waals surface area contributed by atoms with Crippen molar-refractivity contribution >= 4 is 22.4 Å². The molecule has 0 saturated heterocycles. The molecule has 0 unspecified atom stereocenters. The van der Waals surface area contributed by atoms with Gasteiger partial charge in [0.05, 0.1) is 5.52 Å². The molecular formula is C14H11F2N3O3. The largest absolute Gasteiger partial charge is 0.480 e. The van der Waals surface area contributed by atoms with Crippen LogP contribution in [0.3, 0.4) is 0 Å². The highest BCUT2D eigenvalue weighted by molar-refractivity contribution is 5.87. The van der Waals surface area contributed by atoms with Crippen molar-refractivity contribution < 1.29 is 18.7 Å². The van der Waals surface area contributed by atoms with E-state index in [2.05, 4.69) is 5.10 Å². The van der Waals surface area contributed by atoms with E-state index in [4.69, 9.17) is 5.11 Å². The van der Waals surface area contributed by atoms with Gasteiger partial charge in [0.1, 0.15) is 12.1 Å². The lowest BCUT2D eigenvalue weighted by Gasteiger charge is -2.14. The Balaban J connectivity index is 2.50. The standard InChI is InChI=1S/C14H11F2N3O3/c1-14(15,16)13-17-18(7-11(20)21)12(22)10-6-8-4-2-3-5-9(8)19(10)13/h2-6H,7H2,1H3,(H,20,21). The van der Waals surface area contributed by atoms with E-state index in [-0.39, 0.29) is 5.52 Å². The number of hydrogen-bond donors (Lipinski definition) is 1. The number of aliphatic carboxylic acids is 1. The number of alkyl halides is 2. The Morgan fingerprint density at radius 3 is 2.64 bits per heavy atom. The zero-order valence-corrected chi connectivity index (χ0v) is 11.5. The minimum atomic E-state index is -3.34. The molecule has 0 spiro atoms. The molecule has 0 fully saturated rings. The van der Waals surface area contributed by atoms with Gasteiger partial charge in [0.15, 0.2) is 0 Å². The van der Waals surface area contributed by atoms with E-state index in [1.807, 2.05) is 0 Å². The van der Waals surface area contributed by atoms with E-state index in [1.54, 1.807) is 24.3 Å². The van der Waals surface area contributed by atoms with Crippen molar-refractivity contribution in [2.24, 2.45) is 0 Å². The monoisotopic (exact) mass is 307 g/mol. The number of rotatable bonds is 3. The van der Waals surface area contributed by atoms with E-state index >= 15 is 0 Å². The third-order valence-corrected chi connectivity index (χ3v) is 3.27. The number of benzene rings is 1. The summed E-state index contributed by atoms with van der Waals surface area (Å²) in [6.45, 7) is -0.126. The van der Waals surface area contributed by atoms with Gasteiger partial charge in [0, 0.05) is 12.3 Å². The quantitative estimate of drug-likeness (QED) is 0.801. The highest BCUT2D eigenvalue weighted by Crippen LogP contribution is 2.28. The van der Waals surface area contributed by atoms with Crippen LogP contribution in [0.15, 0.2) is 35.1 Å². The Hall–Kier alpha value is -2.77. The molecule has 0 aliphatic rings. The predicted molar refractivity (Wildman–Crippen MR) is 74.2 cm³/mol. The van der Waals surface area contributed by atoms with Gasteiger partial charge in [-0.05, 0) is 12.1 Å². The van der Waals surface area contributed by atoms with E-state index < -0.39 is 29.8 Å². The zero-order chi connectivity index (χ0) is 16.1. The van der Waals surface area contributed by atoms with Crippen molar-refractivity contribution in [2.75, 3.05) is 0 Å². The molecule has 3 aromatic rings. The maximum Gasteiger partial charge on any atom is 0.325 e. The van der Waals surface area contributed by atoms with E-state index in [9.17, 15) is 18.4 Å². The number of carboxylic acid groups (broad SMARTS) is 1. The fourth-order valence-corrected chi connectivity index (χ4v) is 2.40. The average molecular weight is 307 g/mol. The smallest absolute Gasteiger partial charge is 0.325 e. The first-order valence-corrected chi connectivity index (χ1v) is 6.40. The molecular weight excluding hydrogens is 296 g/mol. The van der Waals surface area contributed by atoms with Gasteiger partial charge in [-0.3, -0.25) is 14.0 Å². The van der Waals surface area contributed by atoms with Gasteiger partial charge in [-0.25, -0.2) is 4.68 Å². The molecule has 114 valence electrons. The summed E-state index contributed by atoms with van der Waals surface area (Å²) in [7, 11) is 0. The number of carbonyl (C=O) groups is 1. The second-order valence-electron chi connectivity index (χ2n) is 4.99. The molecule has 0 bridgehead atoms. The summed E-state index contributed by atoms with van der Waals surface area (Å²) in [4.78, 5) is 23.1. The summed E-state index contributed by atoms with van der Waals surface area (Å²) in [5.41, 5.74) is -0.346. The Kier molecular flexibility index (Phi) is 2.98. The predicted octanol–water partition coefficient (Wildman–Crippen LogP) is 1.85. The molecule has 0 aliphatic heterocycles. The molecule has 8 heteroatoms. The van der Waals surface area contributed by atoms with Crippen LogP contribution in [0.1, 0.15) is 12.7 Å². The van der Waals surface area contributed by atoms with Gasteiger partial charge in [-0.15, -0.1) is 5.10 Å². The van der Waals surface area contributed by atoms with Crippen LogP contribution in [0.5, 0.6) is 0 Å². The molecule has 1 N–H and O–H groups in total. The Morgan fingerprint density at radius 1 is 1.32 bits per heavy atom. The van der Waals surface area contributed by atoms with Gasteiger partial charge < -0.3 is 5.11 Å². The first-order chi connectivity index (χ1) is 10.3. The van der Waals surface area contributed by atoms with Crippen molar-refractivity contribution in [3.63, 3.8) is 0 Å². The van der Waals surface area contributed by atoms with E-state index in [1.165, 1.54) is 6.07 Å². The van der Waals surface area contributed by atoms with Crippen LogP contribution in [-0.2, 0) is 17.3 Å². The van der Waals surface area contributed by atoms with Crippen molar-refractivity contribution in [3.05, 3.63) is 46.5 Å². The summed E-state index contributed by atoms with van der Waals surface area (Å²) < 4.78 is 29.4. The fourth-order valence-electron chi connectivity index (χ4n) is 2.40. The number of halogens is 2. The topological polar surface area (TPSA) is 76.6 Å². The number of hydrogen-bond acceptors (Lipinski definition) is 3. The van der Waals surface area contributed by atoms with Crippen LogP contribution in [0.4, 0.5) is 8.78 Å². The SMILES string of the molecule is CC(F)(F)c1nn(CC(=O)O)c(=O)c2cc3ccccc3n12.